The van der Waals surface area contributed by atoms with Gasteiger partial charge in [0.05, 0.1) is 0 Å². The van der Waals surface area contributed by atoms with Crippen molar-refractivity contribution in [2.75, 3.05) is 18.0 Å². The number of rotatable bonds is 7. The fourth-order valence-electron chi connectivity index (χ4n) is 3.04. The molecule has 1 N–H and O–H groups in total. The second-order valence-electron chi connectivity index (χ2n) is 6.12. The Kier molecular flexibility index (Phi) is 6.38. The Hall–Kier alpha value is -1.02. The Bertz CT molecular complexity index is 389. The van der Waals surface area contributed by atoms with Crippen molar-refractivity contribution in [3.8, 4) is 0 Å². The van der Waals surface area contributed by atoms with Crippen LogP contribution in [0.1, 0.15) is 57.9 Å². The van der Waals surface area contributed by atoms with E-state index >= 15 is 0 Å². The summed E-state index contributed by atoms with van der Waals surface area (Å²) in [5.74, 6) is 0. The van der Waals surface area contributed by atoms with Gasteiger partial charge in [0.15, 0.2) is 0 Å². The minimum atomic E-state index is 0.572. The van der Waals surface area contributed by atoms with Gasteiger partial charge in [0.2, 0.25) is 0 Å². The summed E-state index contributed by atoms with van der Waals surface area (Å²) in [4.78, 5) is 2.58. The van der Waals surface area contributed by atoms with Crippen LogP contribution in [0.5, 0.6) is 0 Å². The van der Waals surface area contributed by atoms with Gasteiger partial charge in [-0.2, -0.15) is 0 Å². The van der Waals surface area contributed by atoms with Crippen molar-refractivity contribution in [2.45, 2.75) is 65.0 Å². The van der Waals surface area contributed by atoms with Gasteiger partial charge in [-0.15, -0.1) is 0 Å². The lowest BCUT2D eigenvalue weighted by Gasteiger charge is -2.26. The lowest BCUT2D eigenvalue weighted by atomic mass is 10.1. The molecule has 2 rings (SSSR count). The molecule has 0 radical (unpaired) electrons. The van der Waals surface area contributed by atoms with Crippen molar-refractivity contribution >= 4 is 5.69 Å². The van der Waals surface area contributed by atoms with Gasteiger partial charge in [-0.1, -0.05) is 57.2 Å². The summed E-state index contributed by atoms with van der Waals surface area (Å²) in [6, 6.07) is 9.44. The second-order valence-corrected chi connectivity index (χ2v) is 6.12. The molecule has 0 saturated carbocycles. The number of benzene rings is 1. The molecule has 1 aliphatic heterocycles. The summed E-state index contributed by atoms with van der Waals surface area (Å²) in [6.45, 7) is 7.91. The van der Waals surface area contributed by atoms with Crippen LogP contribution in [0.4, 0.5) is 5.69 Å². The number of nitrogens with one attached hydrogen (secondary N) is 1. The van der Waals surface area contributed by atoms with Crippen LogP contribution in [-0.2, 0) is 6.54 Å². The van der Waals surface area contributed by atoms with E-state index in [-0.39, 0.29) is 0 Å². The first kappa shape index (κ1) is 15.4. The molecular weight excluding hydrogens is 244 g/mol. The highest BCUT2D eigenvalue weighted by atomic mass is 15.2. The first-order chi connectivity index (χ1) is 9.81. The zero-order valence-corrected chi connectivity index (χ0v) is 13.2. The molecule has 2 nitrogen and oxygen atoms in total. The van der Waals surface area contributed by atoms with Crippen molar-refractivity contribution in [1.29, 1.82) is 0 Å². The molecule has 0 amide bonds. The maximum atomic E-state index is 3.61. The summed E-state index contributed by atoms with van der Waals surface area (Å²) < 4.78 is 0. The monoisotopic (exact) mass is 274 g/mol. The second kappa shape index (κ2) is 8.31. The molecule has 1 aromatic rings. The van der Waals surface area contributed by atoms with Gasteiger partial charge < -0.3 is 10.2 Å². The van der Waals surface area contributed by atoms with E-state index in [0.717, 1.165) is 13.1 Å². The molecule has 1 aliphatic rings. The summed E-state index contributed by atoms with van der Waals surface area (Å²) in [6.07, 6.45) is 8.24. The largest absolute Gasteiger partial charge is 0.370 e. The van der Waals surface area contributed by atoms with E-state index in [4.69, 9.17) is 0 Å². The van der Waals surface area contributed by atoms with Crippen LogP contribution >= 0.6 is 0 Å². The van der Waals surface area contributed by atoms with Crippen molar-refractivity contribution in [2.24, 2.45) is 0 Å². The highest BCUT2D eigenvalue weighted by Gasteiger charge is 2.17. The molecule has 1 unspecified atom stereocenters. The number of hydrogen-bond donors (Lipinski definition) is 1. The standard InChI is InChI=1S/C18H30N2/c1-3-4-5-6-7-10-13-20-15-16(2)19-14-17-11-8-9-12-18(17)20/h8-9,11-12,16,19H,3-7,10,13-15H2,1-2H3. The topological polar surface area (TPSA) is 15.3 Å². The predicted octanol–water partition coefficient (Wildman–Crippen LogP) is 4.35. The van der Waals surface area contributed by atoms with E-state index in [9.17, 15) is 0 Å². The van der Waals surface area contributed by atoms with Crippen molar-refractivity contribution in [1.82, 2.24) is 5.32 Å². The van der Waals surface area contributed by atoms with Crippen LogP contribution in [0.2, 0.25) is 0 Å². The number of nitrogens with zero attached hydrogens (tertiary/aromatic N) is 1. The molecule has 0 spiro atoms. The Labute approximate surface area is 124 Å². The minimum Gasteiger partial charge on any atom is -0.370 e. The van der Waals surface area contributed by atoms with Crippen LogP contribution in [0, 0.1) is 0 Å². The number of unbranched alkanes of at least 4 members (excludes halogenated alkanes) is 5. The van der Waals surface area contributed by atoms with Crippen LogP contribution in [0.25, 0.3) is 0 Å². The highest BCUT2D eigenvalue weighted by Crippen LogP contribution is 2.23. The zero-order valence-electron chi connectivity index (χ0n) is 13.2. The molecule has 1 aromatic carbocycles. The normalized spacial score (nSPS) is 18.7. The third-order valence-electron chi connectivity index (χ3n) is 4.25. The van der Waals surface area contributed by atoms with E-state index in [0.29, 0.717) is 6.04 Å². The van der Waals surface area contributed by atoms with Gasteiger partial charge in [-0.3, -0.25) is 0 Å². The quantitative estimate of drug-likeness (QED) is 0.744. The molecule has 1 atom stereocenters. The first-order valence-electron chi connectivity index (χ1n) is 8.37. The van der Waals surface area contributed by atoms with E-state index in [1.807, 2.05) is 0 Å². The molecule has 0 aromatic heterocycles. The van der Waals surface area contributed by atoms with Gasteiger partial charge in [-0.25, -0.2) is 0 Å². The number of anilines is 1. The van der Waals surface area contributed by atoms with Crippen molar-refractivity contribution in [3.63, 3.8) is 0 Å². The molecule has 112 valence electrons. The molecule has 2 heteroatoms. The lowest BCUT2D eigenvalue weighted by Crippen LogP contribution is -2.36. The fraction of sp³-hybridized carbons (Fsp3) is 0.667. The predicted molar refractivity (Wildman–Crippen MR) is 88.3 cm³/mol. The van der Waals surface area contributed by atoms with Crippen molar-refractivity contribution < 1.29 is 0 Å². The maximum absolute atomic E-state index is 3.61. The summed E-state index contributed by atoms with van der Waals surface area (Å²) in [7, 11) is 0. The molecule has 0 aliphatic carbocycles. The van der Waals surface area contributed by atoms with Crippen LogP contribution in [0.3, 0.4) is 0 Å². The van der Waals surface area contributed by atoms with Gasteiger partial charge in [0.1, 0.15) is 0 Å². The maximum Gasteiger partial charge on any atom is 0.0412 e. The van der Waals surface area contributed by atoms with Crippen LogP contribution in [0.15, 0.2) is 24.3 Å². The number of para-hydroxylation sites is 1. The van der Waals surface area contributed by atoms with E-state index in [2.05, 4.69) is 48.3 Å². The van der Waals surface area contributed by atoms with Crippen LogP contribution in [-0.4, -0.2) is 19.1 Å². The van der Waals surface area contributed by atoms with Gasteiger partial charge >= 0.3 is 0 Å². The third-order valence-corrected chi connectivity index (χ3v) is 4.25. The van der Waals surface area contributed by atoms with E-state index in [1.165, 1.54) is 56.3 Å². The SMILES string of the molecule is CCCCCCCCN1CC(C)NCc2ccccc21. The summed E-state index contributed by atoms with van der Waals surface area (Å²) in [5, 5.41) is 3.61. The van der Waals surface area contributed by atoms with E-state index < -0.39 is 0 Å². The Morgan fingerprint density at radius 1 is 1.10 bits per heavy atom. The first-order valence-corrected chi connectivity index (χ1v) is 8.37. The molecule has 1 heterocycles. The minimum absolute atomic E-state index is 0.572. The number of hydrogen-bond acceptors (Lipinski definition) is 2. The smallest absolute Gasteiger partial charge is 0.0412 e. The van der Waals surface area contributed by atoms with E-state index in [1.54, 1.807) is 0 Å². The Morgan fingerprint density at radius 3 is 2.70 bits per heavy atom. The van der Waals surface area contributed by atoms with Gasteiger partial charge in [0.25, 0.3) is 0 Å². The molecule has 20 heavy (non-hydrogen) atoms. The number of fused-ring (bicyclic) bond motifs is 1. The molecule has 0 saturated heterocycles. The van der Waals surface area contributed by atoms with Gasteiger partial charge in [0, 0.05) is 31.4 Å². The van der Waals surface area contributed by atoms with Gasteiger partial charge in [-0.05, 0) is 25.0 Å². The average Bonchev–Trinajstić information content (AvgIpc) is 2.63. The summed E-state index contributed by atoms with van der Waals surface area (Å²) in [5.41, 5.74) is 2.89. The lowest BCUT2D eigenvalue weighted by molar-refractivity contribution is 0.540. The fourth-order valence-corrected chi connectivity index (χ4v) is 3.04. The average molecular weight is 274 g/mol. The summed E-state index contributed by atoms with van der Waals surface area (Å²) >= 11 is 0. The third kappa shape index (κ3) is 4.52. The van der Waals surface area contributed by atoms with Crippen molar-refractivity contribution in [3.05, 3.63) is 29.8 Å². The van der Waals surface area contributed by atoms with Crippen LogP contribution < -0.4 is 10.2 Å². The molecule has 0 bridgehead atoms. The Balaban J connectivity index is 1.85. The Morgan fingerprint density at radius 2 is 1.85 bits per heavy atom. The molecule has 0 fully saturated rings. The zero-order chi connectivity index (χ0) is 14.2. The molecular formula is C18H30N2. The highest BCUT2D eigenvalue weighted by molar-refractivity contribution is 5.54.